The minimum Gasteiger partial charge on any atom is -0.327 e. The van der Waals surface area contributed by atoms with Crippen LogP contribution in [0.15, 0.2) is 90.8 Å². The van der Waals surface area contributed by atoms with Gasteiger partial charge in [0.25, 0.3) is 17.7 Å². The van der Waals surface area contributed by atoms with Gasteiger partial charge in [-0.25, -0.2) is 4.39 Å². The molecular formula is C25H18FN3O3. The molecule has 3 aromatic carbocycles. The molecule has 7 heteroatoms. The number of fused-ring (bicyclic) bond motifs is 1. The lowest BCUT2D eigenvalue weighted by atomic mass is 10.1. The number of carbonyl (C=O) groups is 3. The zero-order chi connectivity index (χ0) is 22.5. The number of hydrogen-bond donors (Lipinski definition) is 3. The standard InChI is InChI=1S/C25H18FN3O3/c26-18-11-12-21-19(14-18)20(24(31)28-21)15-27-25(32)22(13-16-7-3-1-4-8-16)29-23(30)17-9-5-2-6-10-17/h1-15H,(H,27,32)(H,28,31)(H,29,30)/b20-15+,22-13-. The first kappa shape index (κ1) is 20.7. The van der Waals surface area contributed by atoms with Crippen LogP contribution in [-0.2, 0) is 9.59 Å². The number of carbonyl (C=O) groups excluding carboxylic acids is 3. The summed E-state index contributed by atoms with van der Waals surface area (Å²) in [6.07, 6.45) is 2.73. The van der Waals surface area contributed by atoms with Gasteiger partial charge in [0.1, 0.15) is 11.5 Å². The second-order valence-corrected chi connectivity index (χ2v) is 6.96. The Morgan fingerprint density at radius 1 is 0.906 bits per heavy atom. The van der Waals surface area contributed by atoms with Crippen LogP contribution in [0.5, 0.6) is 0 Å². The van der Waals surface area contributed by atoms with Crippen molar-refractivity contribution >= 4 is 35.1 Å². The number of benzene rings is 3. The van der Waals surface area contributed by atoms with Gasteiger partial charge in [0, 0.05) is 23.0 Å². The highest BCUT2D eigenvalue weighted by Crippen LogP contribution is 2.31. The Labute approximate surface area is 183 Å². The van der Waals surface area contributed by atoms with Crippen molar-refractivity contribution in [2.45, 2.75) is 0 Å². The minimum absolute atomic E-state index is 0.0141. The Morgan fingerprint density at radius 3 is 2.31 bits per heavy atom. The van der Waals surface area contributed by atoms with Gasteiger partial charge in [0.05, 0.1) is 5.57 Å². The molecule has 3 amide bonds. The van der Waals surface area contributed by atoms with Crippen LogP contribution in [0.2, 0.25) is 0 Å². The van der Waals surface area contributed by atoms with Gasteiger partial charge in [-0.15, -0.1) is 0 Å². The number of nitrogens with one attached hydrogen (secondary N) is 3. The molecule has 0 radical (unpaired) electrons. The van der Waals surface area contributed by atoms with Gasteiger partial charge >= 0.3 is 0 Å². The second-order valence-electron chi connectivity index (χ2n) is 6.96. The third kappa shape index (κ3) is 4.62. The summed E-state index contributed by atoms with van der Waals surface area (Å²) < 4.78 is 13.6. The molecule has 0 fully saturated rings. The molecular weight excluding hydrogens is 409 g/mol. The van der Waals surface area contributed by atoms with Crippen LogP contribution in [0.1, 0.15) is 21.5 Å². The molecule has 1 aliphatic heterocycles. The van der Waals surface area contributed by atoms with Crippen LogP contribution in [0.25, 0.3) is 11.6 Å². The Hall–Kier alpha value is -4.52. The van der Waals surface area contributed by atoms with E-state index in [2.05, 4.69) is 16.0 Å². The minimum atomic E-state index is -0.636. The van der Waals surface area contributed by atoms with E-state index < -0.39 is 23.5 Å². The Balaban J connectivity index is 1.60. The molecule has 0 aliphatic carbocycles. The molecule has 0 unspecified atom stereocenters. The molecule has 1 heterocycles. The van der Waals surface area contributed by atoms with E-state index >= 15 is 0 Å². The molecule has 4 rings (SSSR count). The number of hydrogen-bond acceptors (Lipinski definition) is 3. The smallest absolute Gasteiger partial charge is 0.271 e. The molecule has 158 valence electrons. The zero-order valence-electron chi connectivity index (χ0n) is 16.8. The van der Waals surface area contributed by atoms with Gasteiger partial charge in [-0.05, 0) is 42.0 Å². The van der Waals surface area contributed by atoms with Crippen molar-refractivity contribution in [3.8, 4) is 0 Å². The van der Waals surface area contributed by atoms with Crippen LogP contribution in [0.3, 0.4) is 0 Å². The average molecular weight is 427 g/mol. The lowest BCUT2D eigenvalue weighted by Crippen LogP contribution is -2.33. The van der Waals surface area contributed by atoms with E-state index in [4.69, 9.17) is 0 Å². The number of rotatable bonds is 5. The summed E-state index contributed by atoms with van der Waals surface area (Å²) in [6.45, 7) is 0. The lowest BCUT2D eigenvalue weighted by molar-refractivity contribution is -0.116. The predicted octanol–water partition coefficient (Wildman–Crippen LogP) is 3.71. The van der Waals surface area contributed by atoms with Gasteiger partial charge < -0.3 is 16.0 Å². The molecule has 6 nitrogen and oxygen atoms in total. The first-order valence-corrected chi connectivity index (χ1v) is 9.77. The third-order valence-corrected chi connectivity index (χ3v) is 4.75. The maximum atomic E-state index is 13.6. The topological polar surface area (TPSA) is 87.3 Å². The quantitative estimate of drug-likeness (QED) is 0.543. The lowest BCUT2D eigenvalue weighted by Gasteiger charge is -2.10. The van der Waals surface area contributed by atoms with Crippen LogP contribution >= 0.6 is 0 Å². The fourth-order valence-electron chi connectivity index (χ4n) is 3.18. The van der Waals surface area contributed by atoms with E-state index in [0.717, 1.165) is 0 Å². The third-order valence-electron chi connectivity index (χ3n) is 4.75. The molecule has 3 N–H and O–H groups in total. The van der Waals surface area contributed by atoms with E-state index in [-0.39, 0.29) is 11.3 Å². The van der Waals surface area contributed by atoms with Gasteiger partial charge in [-0.1, -0.05) is 48.5 Å². The van der Waals surface area contributed by atoms with E-state index in [1.54, 1.807) is 54.6 Å². The van der Waals surface area contributed by atoms with Crippen molar-refractivity contribution in [3.63, 3.8) is 0 Å². The van der Waals surface area contributed by atoms with Gasteiger partial charge in [-0.2, -0.15) is 0 Å². The fraction of sp³-hybridized carbons (Fsp3) is 0. The predicted molar refractivity (Wildman–Crippen MR) is 119 cm³/mol. The molecule has 0 spiro atoms. The highest BCUT2D eigenvalue weighted by Gasteiger charge is 2.25. The largest absolute Gasteiger partial charge is 0.327 e. The van der Waals surface area contributed by atoms with Gasteiger partial charge in [0.2, 0.25) is 0 Å². The Morgan fingerprint density at radius 2 is 1.59 bits per heavy atom. The molecule has 1 aliphatic rings. The molecule has 32 heavy (non-hydrogen) atoms. The Bertz CT molecular complexity index is 1250. The normalized spacial score (nSPS) is 14.0. The van der Waals surface area contributed by atoms with E-state index in [9.17, 15) is 18.8 Å². The number of halogens is 1. The molecule has 0 saturated heterocycles. The maximum Gasteiger partial charge on any atom is 0.271 e. The van der Waals surface area contributed by atoms with Crippen LogP contribution < -0.4 is 16.0 Å². The maximum absolute atomic E-state index is 13.6. The van der Waals surface area contributed by atoms with Crippen molar-refractivity contribution < 1.29 is 18.8 Å². The van der Waals surface area contributed by atoms with Crippen LogP contribution in [0, 0.1) is 5.82 Å². The van der Waals surface area contributed by atoms with Crippen LogP contribution in [0.4, 0.5) is 10.1 Å². The molecule has 0 atom stereocenters. The molecule has 3 aromatic rings. The summed E-state index contributed by atoms with van der Waals surface area (Å²) in [7, 11) is 0. The molecule has 0 aromatic heterocycles. The highest BCUT2D eigenvalue weighted by molar-refractivity contribution is 6.31. The van der Waals surface area contributed by atoms with Crippen molar-refractivity contribution in [1.82, 2.24) is 10.6 Å². The monoisotopic (exact) mass is 427 g/mol. The first-order valence-electron chi connectivity index (χ1n) is 9.77. The molecule has 0 saturated carbocycles. The van der Waals surface area contributed by atoms with Crippen molar-refractivity contribution in [1.29, 1.82) is 0 Å². The van der Waals surface area contributed by atoms with Gasteiger partial charge in [0.15, 0.2) is 0 Å². The van der Waals surface area contributed by atoms with Crippen LogP contribution in [-0.4, -0.2) is 17.7 Å². The summed E-state index contributed by atoms with van der Waals surface area (Å²) in [5.74, 6) is -2.06. The summed E-state index contributed by atoms with van der Waals surface area (Å²) in [5.41, 5.74) is 1.98. The van der Waals surface area contributed by atoms with Crippen molar-refractivity contribution in [2.75, 3.05) is 5.32 Å². The number of amides is 3. The molecule has 0 bridgehead atoms. The fourth-order valence-corrected chi connectivity index (χ4v) is 3.18. The average Bonchev–Trinajstić information content (AvgIpc) is 3.12. The van der Waals surface area contributed by atoms with E-state index in [1.807, 2.05) is 6.07 Å². The Kier molecular flexibility index (Phi) is 5.89. The highest BCUT2D eigenvalue weighted by atomic mass is 19.1. The van der Waals surface area contributed by atoms with E-state index in [1.165, 1.54) is 30.5 Å². The van der Waals surface area contributed by atoms with Gasteiger partial charge in [-0.3, -0.25) is 14.4 Å². The summed E-state index contributed by atoms with van der Waals surface area (Å²) in [5, 5.41) is 7.75. The summed E-state index contributed by atoms with van der Waals surface area (Å²) >= 11 is 0. The SMILES string of the molecule is O=C(N/C=C1/C(=O)Nc2ccc(F)cc21)/C(=C/c1ccccc1)NC(=O)c1ccccc1. The van der Waals surface area contributed by atoms with Crippen molar-refractivity contribution in [3.05, 3.63) is 113 Å². The zero-order valence-corrected chi connectivity index (χ0v) is 16.8. The number of anilines is 1. The summed E-state index contributed by atoms with van der Waals surface area (Å²) in [4.78, 5) is 37.8. The first-order chi connectivity index (χ1) is 15.5. The summed E-state index contributed by atoms with van der Waals surface area (Å²) in [6, 6.07) is 21.4. The van der Waals surface area contributed by atoms with Crippen molar-refractivity contribution in [2.24, 2.45) is 0 Å². The van der Waals surface area contributed by atoms with E-state index in [0.29, 0.717) is 22.4 Å². The second kappa shape index (κ2) is 9.09.